The van der Waals surface area contributed by atoms with Crippen molar-refractivity contribution in [1.82, 2.24) is 0 Å². The van der Waals surface area contributed by atoms with Crippen LogP contribution in [0.3, 0.4) is 0 Å². The summed E-state index contributed by atoms with van der Waals surface area (Å²) < 4.78 is 16.0. The Hall–Kier alpha value is -4.10. The Morgan fingerprint density at radius 3 is 1.32 bits per heavy atom. The Labute approximate surface area is 186 Å². The third kappa shape index (κ3) is 4.12. The maximum absolute atomic E-state index is 8.12. The third-order valence-electron chi connectivity index (χ3n) is 5.35. The first kappa shape index (κ1) is 16.7. The molecule has 0 fully saturated rings. The molecule has 0 saturated heterocycles. The van der Waals surface area contributed by atoms with E-state index in [0.717, 1.165) is 28.2 Å². The zero-order chi connectivity index (χ0) is 22.6. The third-order valence-corrected chi connectivity index (χ3v) is 5.35. The lowest BCUT2D eigenvalue weighted by atomic mass is 10.0. The van der Waals surface area contributed by atoms with Crippen LogP contribution in [0, 0.1) is 0 Å². The minimum absolute atomic E-state index is 0.474. The highest BCUT2D eigenvalue weighted by Gasteiger charge is 2.12. The van der Waals surface area contributed by atoms with E-state index in [9.17, 15) is 0 Å². The molecule has 0 bridgehead atoms. The van der Waals surface area contributed by atoms with Gasteiger partial charge in [-0.3, -0.25) is 0 Å². The van der Waals surface area contributed by atoms with E-state index < -0.39 is 0 Å². The van der Waals surface area contributed by atoms with Gasteiger partial charge in [-0.1, -0.05) is 103 Å². The van der Waals surface area contributed by atoms with E-state index in [1.165, 1.54) is 11.1 Å². The largest absolute Gasteiger partial charge is 0.311 e. The van der Waals surface area contributed by atoms with Crippen molar-refractivity contribution in [2.75, 3.05) is 4.90 Å². The summed E-state index contributed by atoms with van der Waals surface area (Å²) in [6, 6.07) is 43.4. The van der Waals surface area contributed by atoms with Gasteiger partial charge in [0.25, 0.3) is 0 Å². The van der Waals surface area contributed by atoms with E-state index in [1.807, 2.05) is 54.6 Å². The number of anilines is 3. The highest BCUT2D eigenvalue weighted by molar-refractivity contribution is 5.79. The molecule has 0 aromatic heterocycles. The molecule has 0 atom stereocenters. The van der Waals surface area contributed by atoms with Crippen LogP contribution in [0.25, 0.3) is 22.3 Å². The molecule has 0 aliphatic carbocycles. The van der Waals surface area contributed by atoms with Crippen molar-refractivity contribution in [3.05, 3.63) is 139 Å². The van der Waals surface area contributed by atoms with Crippen molar-refractivity contribution in [3.8, 4) is 22.3 Å². The van der Waals surface area contributed by atoms with Crippen LogP contribution in [0.4, 0.5) is 17.1 Å². The Morgan fingerprint density at radius 2 is 0.774 bits per heavy atom. The fourth-order valence-corrected chi connectivity index (χ4v) is 3.78. The van der Waals surface area contributed by atoms with Crippen molar-refractivity contribution in [3.63, 3.8) is 0 Å². The molecule has 0 saturated carbocycles. The van der Waals surface area contributed by atoms with E-state index >= 15 is 0 Å². The summed E-state index contributed by atoms with van der Waals surface area (Å²) in [5.74, 6) is 0. The summed E-state index contributed by atoms with van der Waals surface area (Å²) in [6.07, 6.45) is 0. The SMILES string of the molecule is [3H]c1cccc(-c2ccc(N(c3ccc(-c4ccccc4)cc3)c3cccc([3H])c3)cc2)c1. The van der Waals surface area contributed by atoms with Gasteiger partial charge in [-0.25, -0.2) is 0 Å². The standard InChI is InChI=1S/C30H23N/c1-4-10-24(11-5-1)26-16-20-29(21-17-26)31(28-14-8-3-9-15-28)30-22-18-27(19-23-30)25-12-6-2-7-13-25/h1-23H/i4T,8T. The Balaban J connectivity index is 1.54. The van der Waals surface area contributed by atoms with Crippen LogP contribution in [-0.2, 0) is 0 Å². The van der Waals surface area contributed by atoms with Crippen LogP contribution in [-0.4, -0.2) is 0 Å². The van der Waals surface area contributed by atoms with Crippen molar-refractivity contribution < 1.29 is 2.74 Å². The fourth-order valence-electron chi connectivity index (χ4n) is 3.78. The average molecular weight is 402 g/mol. The number of hydrogen-bond acceptors (Lipinski definition) is 1. The second kappa shape index (κ2) is 8.73. The molecule has 0 aliphatic rings. The van der Waals surface area contributed by atoms with Crippen LogP contribution in [0.15, 0.2) is 139 Å². The molecular formula is C30H23N. The van der Waals surface area contributed by atoms with Crippen LogP contribution in [0.5, 0.6) is 0 Å². The molecule has 148 valence electrons. The lowest BCUT2D eigenvalue weighted by molar-refractivity contribution is 1.28. The van der Waals surface area contributed by atoms with Gasteiger partial charge < -0.3 is 4.90 Å². The van der Waals surface area contributed by atoms with Crippen molar-refractivity contribution in [2.24, 2.45) is 0 Å². The molecule has 0 radical (unpaired) electrons. The van der Waals surface area contributed by atoms with Gasteiger partial charge in [-0.05, 0) is 58.7 Å². The van der Waals surface area contributed by atoms with Gasteiger partial charge in [0.1, 0.15) is 0 Å². The second-order valence-electron chi connectivity index (χ2n) is 7.35. The zero-order valence-electron chi connectivity index (χ0n) is 19.1. The Bertz CT molecular complexity index is 1360. The molecule has 5 aromatic carbocycles. The molecule has 0 amide bonds. The maximum Gasteiger partial charge on any atom is 0.0623 e. The lowest BCUT2D eigenvalue weighted by Gasteiger charge is -2.26. The number of benzene rings is 5. The normalized spacial score (nSPS) is 11.5. The van der Waals surface area contributed by atoms with Crippen molar-refractivity contribution in [1.29, 1.82) is 0 Å². The van der Waals surface area contributed by atoms with Gasteiger partial charge in [0, 0.05) is 17.1 Å². The predicted molar refractivity (Wildman–Crippen MR) is 132 cm³/mol. The summed E-state index contributed by atoms with van der Waals surface area (Å²) in [4.78, 5) is 2.16. The van der Waals surface area contributed by atoms with Gasteiger partial charge in [-0.2, -0.15) is 0 Å². The summed E-state index contributed by atoms with van der Waals surface area (Å²) >= 11 is 0. The van der Waals surface area contributed by atoms with Gasteiger partial charge in [-0.15, -0.1) is 0 Å². The Morgan fingerprint density at radius 1 is 0.355 bits per heavy atom. The molecule has 0 heterocycles. The average Bonchev–Trinajstić information content (AvgIpc) is 2.86. The van der Waals surface area contributed by atoms with Gasteiger partial charge >= 0.3 is 0 Å². The van der Waals surface area contributed by atoms with E-state index in [-0.39, 0.29) is 0 Å². The highest BCUT2D eigenvalue weighted by atomic mass is 15.1. The van der Waals surface area contributed by atoms with Gasteiger partial charge in [0.15, 0.2) is 0 Å². The van der Waals surface area contributed by atoms with E-state index in [0.29, 0.717) is 12.1 Å². The van der Waals surface area contributed by atoms with Crippen molar-refractivity contribution in [2.45, 2.75) is 0 Å². The molecule has 0 spiro atoms. The number of para-hydroxylation sites is 1. The molecule has 1 nitrogen and oxygen atoms in total. The van der Waals surface area contributed by atoms with Crippen LogP contribution < -0.4 is 4.90 Å². The number of rotatable bonds is 5. The molecule has 0 aliphatic heterocycles. The predicted octanol–water partition coefficient (Wildman–Crippen LogP) is 8.49. The van der Waals surface area contributed by atoms with Gasteiger partial charge in [0.05, 0.1) is 2.74 Å². The fraction of sp³-hybridized carbons (Fsp3) is 0. The number of nitrogens with zero attached hydrogens (tertiary/aromatic N) is 1. The molecular weight excluding hydrogens is 374 g/mol. The van der Waals surface area contributed by atoms with E-state index in [1.54, 1.807) is 12.1 Å². The first-order valence-electron chi connectivity index (χ1n) is 11.4. The van der Waals surface area contributed by atoms with Gasteiger partial charge in [0.2, 0.25) is 0 Å². The smallest absolute Gasteiger partial charge is 0.0623 e. The van der Waals surface area contributed by atoms with E-state index in [4.69, 9.17) is 2.74 Å². The zero-order valence-corrected chi connectivity index (χ0v) is 17.1. The molecule has 5 aromatic rings. The summed E-state index contributed by atoms with van der Waals surface area (Å²) in [5.41, 5.74) is 7.43. The van der Waals surface area contributed by atoms with Crippen LogP contribution in [0.2, 0.25) is 0 Å². The lowest BCUT2D eigenvalue weighted by Crippen LogP contribution is -2.09. The first-order chi connectivity index (χ1) is 16.2. The highest BCUT2D eigenvalue weighted by Crippen LogP contribution is 2.36. The molecule has 1 heteroatoms. The maximum atomic E-state index is 8.12. The minimum Gasteiger partial charge on any atom is -0.311 e. The molecule has 5 rings (SSSR count). The van der Waals surface area contributed by atoms with Crippen LogP contribution >= 0.6 is 0 Å². The second-order valence-corrected chi connectivity index (χ2v) is 7.35. The van der Waals surface area contributed by atoms with Crippen LogP contribution in [0.1, 0.15) is 2.74 Å². The molecule has 31 heavy (non-hydrogen) atoms. The summed E-state index contributed by atoms with van der Waals surface area (Å²) in [6.45, 7) is 0. The Kier molecular flexibility index (Phi) is 4.69. The van der Waals surface area contributed by atoms with E-state index in [2.05, 4.69) is 65.6 Å². The van der Waals surface area contributed by atoms with Crippen molar-refractivity contribution >= 4 is 17.1 Å². The number of hydrogen-bond donors (Lipinski definition) is 0. The topological polar surface area (TPSA) is 3.24 Å². The minimum atomic E-state index is 0.474. The summed E-state index contributed by atoms with van der Waals surface area (Å²) in [7, 11) is 0. The first-order valence-corrected chi connectivity index (χ1v) is 10.4. The quantitative estimate of drug-likeness (QED) is 0.285. The molecule has 0 N–H and O–H groups in total. The summed E-state index contributed by atoms with van der Waals surface area (Å²) in [5, 5.41) is 0. The monoisotopic (exact) mass is 401 g/mol. The molecule has 0 unspecified atom stereocenters.